The van der Waals surface area contributed by atoms with Gasteiger partial charge in [-0.2, -0.15) is 0 Å². The van der Waals surface area contributed by atoms with E-state index in [2.05, 4.69) is 20.9 Å². The summed E-state index contributed by atoms with van der Waals surface area (Å²) in [5, 5.41) is 7.99. The van der Waals surface area contributed by atoms with E-state index in [1.807, 2.05) is 24.3 Å². The van der Waals surface area contributed by atoms with Gasteiger partial charge in [-0.15, -0.1) is 0 Å². The molecular weight excluding hydrogens is 280 g/mol. The molecule has 3 N–H and O–H groups in total. The van der Waals surface area contributed by atoms with Gasteiger partial charge in [-0.25, -0.2) is 4.79 Å². The zero-order chi connectivity index (χ0) is 15.8. The Morgan fingerprint density at radius 2 is 1.91 bits per heavy atom. The fraction of sp³-hybridized carbons (Fsp3) is 0.188. The van der Waals surface area contributed by atoms with Crippen molar-refractivity contribution in [3.05, 3.63) is 60.4 Å². The fourth-order valence-electron chi connectivity index (χ4n) is 1.80. The van der Waals surface area contributed by atoms with Crippen LogP contribution in [0.25, 0.3) is 0 Å². The normalized spacial score (nSPS) is 11.3. The number of para-hydroxylation sites is 1. The molecule has 0 spiro atoms. The van der Waals surface area contributed by atoms with Gasteiger partial charge in [-0.3, -0.25) is 9.78 Å². The molecule has 0 saturated heterocycles. The van der Waals surface area contributed by atoms with E-state index in [1.54, 1.807) is 37.5 Å². The van der Waals surface area contributed by atoms with Crippen LogP contribution in [-0.2, 0) is 11.3 Å². The number of anilines is 1. The summed E-state index contributed by atoms with van der Waals surface area (Å²) < 4.78 is 0. The Bertz CT molecular complexity index is 617. The molecule has 2 aromatic rings. The predicted octanol–water partition coefficient (Wildman–Crippen LogP) is 1.91. The summed E-state index contributed by atoms with van der Waals surface area (Å²) in [6.07, 6.45) is 3.35. The first-order chi connectivity index (χ1) is 10.6. The van der Waals surface area contributed by atoms with Gasteiger partial charge in [0.15, 0.2) is 0 Å². The highest BCUT2D eigenvalue weighted by atomic mass is 16.2. The van der Waals surface area contributed by atoms with Crippen LogP contribution in [0.1, 0.15) is 12.5 Å². The number of aromatic nitrogens is 1. The minimum absolute atomic E-state index is 0.257. The quantitative estimate of drug-likeness (QED) is 0.788. The minimum atomic E-state index is -0.639. The van der Waals surface area contributed by atoms with E-state index in [0.29, 0.717) is 12.2 Å². The van der Waals surface area contributed by atoms with Crippen molar-refractivity contribution in [3.8, 4) is 0 Å². The number of nitrogens with zero attached hydrogens (tertiary/aromatic N) is 1. The van der Waals surface area contributed by atoms with E-state index in [9.17, 15) is 9.59 Å². The molecule has 3 amide bonds. The lowest BCUT2D eigenvalue weighted by Gasteiger charge is -2.14. The number of amides is 3. The third-order valence-corrected chi connectivity index (χ3v) is 2.96. The summed E-state index contributed by atoms with van der Waals surface area (Å²) in [5.41, 5.74) is 1.57. The van der Waals surface area contributed by atoms with E-state index >= 15 is 0 Å². The molecule has 0 radical (unpaired) electrons. The molecule has 0 bridgehead atoms. The van der Waals surface area contributed by atoms with Gasteiger partial charge < -0.3 is 16.0 Å². The third-order valence-electron chi connectivity index (χ3n) is 2.96. The van der Waals surface area contributed by atoms with Gasteiger partial charge in [0.05, 0.1) is 0 Å². The molecule has 1 heterocycles. The number of carbonyl (C=O) groups excluding carboxylic acids is 2. The number of carbonyl (C=O) groups is 2. The van der Waals surface area contributed by atoms with E-state index < -0.39 is 12.1 Å². The second kappa shape index (κ2) is 7.78. The second-order valence-electron chi connectivity index (χ2n) is 4.77. The van der Waals surface area contributed by atoms with Gasteiger partial charge >= 0.3 is 6.03 Å². The summed E-state index contributed by atoms with van der Waals surface area (Å²) >= 11 is 0. The molecule has 114 valence electrons. The SMILES string of the molecule is C[C@H](NC(=O)Nc1ccccc1)C(=O)NCc1cccnc1. The Kier molecular flexibility index (Phi) is 5.48. The Morgan fingerprint density at radius 1 is 1.14 bits per heavy atom. The van der Waals surface area contributed by atoms with Crippen LogP contribution >= 0.6 is 0 Å². The molecule has 0 aliphatic rings. The number of urea groups is 1. The maximum absolute atomic E-state index is 11.9. The number of hydrogen-bond acceptors (Lipinski definition) is 3. The Morgan fingerprint density at radius 3 is 2.59 bits per heavy atom. The molecule has 0 unspecified atom stereocenters. The molecule has 6 nitrogen and oxygen atoms in total. The van der Waals surface area contributed by atoms with Gasteiger partial charge in [0.2, 0.25) is 5.91 Å². The van der Waals surface area contributed by atoms with E-state index in [1.165, 1.54) is 0 Å². The highest BCUT2D eigenvalue weighted by Gasteiger charge is 2.15. The van der Waals surface area contributed by atoms with Crippen molar-refractivity contribution in [2.24, 2.45) is 0 Å². The summed E-state index contributed by atoms with van der Waals surface area (Å²) in [6, 6.07) is 11.6. The smallest absolute Gasteiger partial charge is 0.319 e. The molecule has 0 aliphatic heterocycles. The van der Waals surface area contributed by atoms with Crippen LogP contribution in [0.15, 0.2) is 54.9 Å². The van der Waals surface area contributed by atoms with Crippen molar-refractivity contribution in [1.82, 2.24) is 15.6 Å². The van der Waals surface area contributed by atoms with E-state index in [0.717, 1.165) is 5.56 Å². The van der Waals surface area contributed by atoms with Gasteiger partial charge in [0.1, 0.15) is 6.04 Å². The topological polar surface area (TPSA) is 83.1 Å². The zero-order valence-corrected chi connectivity index (χ0v) is 12.2. The van der Waals surface area contributed by atoms with Gasteiger partial charge in [-0.05, 0) is 30.7 Å². The van der Waals surface area contributed by atoms with E-state index in [4.69, 9.17) is 0 Å². The third kappa shape index (κ3) is 4.90. The van der Waals surface area contributed by atoms with Crippen LogP contribution in [0.5, 0.6) is 0 Å². The van der Waals surface area contributed by atoms with Crippen LogP contribution in [0.4, 0.5) is 10.5 Å². The number of benzene rings is 1. The molecule has 0 fully saturated rings. The summed E-state index contributed by atoms with van der Waals surface area (Å²) in [4.78, 5) is 27.7. The largest absolute Gasteiger partial charge is 0.350 e. The highest BCUT2D eigenvalue weighted by Crippen LogP contribution is 2.04. The average molecular weight is 298 g/mol. The van der Waals surface area contributed by atoms with Crippen LogP contribution < -0.4 is 16.0 Å². The van der Waals surface area contributed by atoms with Gasteiger partial charge in [0.25, 0.3) is 0 Å². The maximum atomic E-state index is 11.9. The first-order valence-corrected chi connectivity index (χ1v) is 6.94. The Balaban J connectivity index is 1.77. The van der Waals surface area contributed by atoms with Gasteiger partial charge in [0, 0.05) is 24.6 Å². The van der Waals surface area contributed by atoms with Gasteiger partial charge in [-0.1, -0.05) is 24.3 Å². The van der Waals surface area contributed by atoms with Crippen LogP contribution in [0, 0.1) is 0 Å². The Labute approximate surface area is 129 Å². The first kappa shape index (κ1) is 15.5. The molecule has 1 aromatic carbocycles. The second-order valence-corrected chi connectivity index (χ2v) is 4.77. The molecule has 2 rings (SSSR count). The maximum Gasteiger partial charge on any atom is 0.319 e. The molecule has 1 atom stereocenters. The van der Waals surface area contributed by atoms with Crippen molar-refractivity contribution >= 4 is 17.6 Å². The van der Waals surface area contributed by atoms with Crippen molar-refractivity contribution in [2.45, 2.75) is 19.5 Å². The van der Waals surface area contributed by atoms with Crippen LogP contribution in [-0.4, -0.2) is 23.0 Å². The standard InChI is InChI=1S/C16H18N4O2/c1-12(15(21)18-11-13-6-5-9-17-10-13)19-16(22)20-14-7-3-2-4-8-14/h2-10,12H,11H2,1H3,(H,18,21)(H2,19,20,22)/t12-/m0/s1. The predicted molar refractivity (Wildman–Crippen MR) is 84.1 cm³/mol. The summed E-state index contributed by atoms with van der Waals surface area (Å²) in [5.74, 6) is -0.257. The Hall–Kier alpha value is -2.89. The lowest BCUT2D eigenvalue weighted by Crippen LogP contribution is -2.46. The molecule has 6 heteroatoms. The van der Waals surface area contributed by atoms with Crippen molar-refractivity contribution in [1.29, 1.82) is 0 Å². The number of nitrogens with one attached hydrogen (secondary N) is 3. The number of pyridine rings is 1. The molecule has 0 saturated carbocycles. The molecule has 0 aliphatic carbocycles. The molecule has 1 aromatic heterocycles. The van der Waals surface area contributed by atoms with Crippen molar-refractivity contribution in [3.63, 3.8) is 0 Å². The lowest BCUT2D eigenvalue weighted by molar-refractivity contribution is -0.122. The number of rotatable bonds is 5. The highest BCUT2D eigenvalue weighted by molar-refractivity contribution is 5.93. The monoisotopic (exact) mass is 298 g/mol. The van der Waals surface area contributed by atoms with Crippen molar-refractivity contribution < 1.29 is 9.59 Å². The zero-order valence-electron chi connectivity index (χ0n) is 12.2. The fourth-order valence-corrected chi connectivity index (χ4v) is 1.80. The molecular formula is C16H18N4O2. The van der Waals surface area contributed by atoms with Crippen molar-refractivity contribution in [2.75, 3.05) is 5.32 Å². The lowest BCUT2D eigenvalue weighted by atomic mass is 10.2. The van der Waals surface area contributed by atoms with Crippen LogP contribution in [0.3, 0.4) is 0 Å². The van der Waals surface area contributed by atoms with Crippen LogP contribution in [0.2, 0.25) is 0 Å². The first-order valence-electron chi connectivity index (χ1n) is 6.94. The average Bonchev–Trinajstić information content (AvgIpc) is 2.54. The summed E-state index contributed by atoms with van der Waals surface area (Å²) in [7, 11) is 0. The molecule has 22 heavy (non-hydrogen) atoms. The van der Waals surface area contributed by atoms with E-state index in [-0.39, 0.29) is 5.91 Å². The minimum Gasteiger partial charge on any atom is -0.350 e. The summed E-state index contributed by atoms with van der Waals surface area (Å²) in [6.45, 7) is 2.00. The number of hydrogen-bond donors (Lipinski definition) is 3.